The molecule has 0 aliphatic rings. The first-order valence-electron chi connectivity index (χ1n) is 3.74. The van der Waals surface area contributed by atoms with Crippen molar-refractivity contribution in [1.29, 1.82) is 0 Å². The molecule has 0 bridgehead atoms. The van der Waals surface area contributed by atoms with Gasteiger partial charge in [-0.3, -0.25) is 0 Å². The SMILES string of the molecule is C=C[P+](CC)(CC)CC.[Br-]. The second-order valence-electron chi connectivity index (χ2n) is 2.35. The van der Waals surface area contributed by atoms with Crippen LogP contribution in [0.1, 0.15) is 20.8 Å². The molecule has 0 spiro atoms. The summed E-state index contributed by atoms with van der Waals surface area (Å²) in [5.41, 5.74) is 0. The van der Waals surface area contributed by atoms with Gasteiger partial charge in [-0.2, -0.15) is 0 Å². The van der Waals surface area contributed by atoms with E-state index in [0.29, 0.717) is 0 Å². The first kappa shape index (κ1) is 13.3. The van der Waals surface area contributed by atoms with E-state index in [0.717, 1.165) is 0 Å². The maximum Gasteiger partial charge on any atom is 0.0607 e. The summed E-state index contributed by atoms with van der Waals surface area (Å²) < 4.78 is 0. The van der Waals surface area contributed by atoms with Crippen LogP contribution >= 0.6 is 7.26 Å². The second kappa shape index (κ2) is 6.37. The van der Waals surface area contributed by atoms with Gasteiger partial charge in [0.05, 0.1) is 24.3 Å². The summed E-state index contributed by atoms with van der Waals surface area (Å²) in [4.78, 5) is 0. The van der Waals surface area contributed by atoms with Gasteiger partial charge in [0, 0.05) is 7.26 Å². The van der Waals surface area contributed by atoms with Gasteiger partial charge in [-0.25, -0.2) is 0 Å². The van der Waals surface area contributed by atoms with Crippen molar-refractivity contribution in [2.24, 2.45) is 0 Å². The molecule has 10 heavy (non-hydrogen) atoms. The van der Waals surface area contributed by atoms with Gasteiger partial charge in [0.25, 0.3) is 0 Å². The molecular weight excluding hydrogens is 207 g/mol. The van der Waals surface area contributed by atoms with Gasteiger partial charge in [0.1, 0.15) is 0 Å². The first-order chi connectivity index (χ1) is 4.24. The van der Waals surface area contributed by atoms with Crippen molar-refractivity contribution < 1.29 is 17.0 Å². The molecule has 0 amide bonds. The first-order valence-corrected chi connectivity index (χ1v) is 6.15. The van der Waals surface area contributed by atoms with Gasteiger partial charge >= 0.3 is 0 Å². The van der Waals surface area contributed by atoms with E-state index >= 15 is 0 Å². The molecule has 0 aliphatic carbocycles. The van der Waals surface area contributed by atoms with E-state index in [9.17, 15) is 0 Å². The molecule has 0 fully saturated rings. The third kappa shape index (κ3) is 3.16. The maximum absolute atomic E-state index is 3.90. The summed E-state index contributed by atoms with van der Waals surface area (Å²) in [6.45, 7) is 10.7. The van der Waals surface area contributed by atoms with Crippen LogP contribution in [0, 0.1) is 0 Å². The van der Waals surface area contributed by atoms with Crippen molar-refractivity contribution in [2.45, 2.75) is 20.8 Å². The van der Waals surface area contributed by atoms with Crippen molar-refractivity contribution in [3.63, 3.8) is 0 Å². The lowest BCUT2D eigenvalue weighted by Gasteiger charge is -2.17. The molecule has 0 heterocycles. The number of hydrogen-bond acceptors (Lipinski definition) is 0. The Kier molecular flexibility index (Phi) is 8.44. The predicted molar refractivity (Wildman–Crippen MR) is 48.7 cm³/mol. The van der Waals surface area contributed by atoms with E-state index in [2.05, 4.69) is 33.2 Å². The normalized spacial score (nSPS) is 10.3. The van der Waals surface area contributed by atoms with Gasteiger partial charge in [0.15, 0.2) is 0 Å². The van der Waals surface area contributed by atoms with E-state index in [1.54, 1.807) is 0 Å². The molecule has 0 atom stereocenters. The fraction of sp³-hybridized carbons (Fsp3) is 0.750. The zero-order chi connectivity index (χ0) is 7.33. The molecule has 0 N–H and O–H groups in total. The largest absolute Gasteiger partial charge is 1.00 e. The quantitative estimate of drug-likeness (QED) is 0.600. The van der Waals surface area contributed by atoms with Crippen LogP contribution in [0.15, 0.2) is 12.4 Å². The summed E-state index contributed by atoms with van der Waals surface area (Å²) in [6.07, 6.45) is 4.01. The smallest absolute Gasteiger partial charge is 0.0607 e. The van der Waals surface area contributed by atoms with Gasteiger partial charge in [-0.1, -0.05) is 6.58 Å². The second-order valence-corrected chi connectivity index (χ2v) is 7.05. The van der Waals surface area contributed by atoms with E-state index in [-0.39, 0.29) is 17.0 Å². The average molecular weight is 225 g/mol. The van der Waals surface area contributed by atoms with Crippen LogP contribution in [0.4, 0.5) is 0 Å². The Morgan fingerprint density at radius 1 is 1.10 bits per heavy atom. The fourth-order valence-electron chi connectivity index (χ4n) is 1.06. The predicted octanol–water partition coefficient (Wildman–Crippen LogP) is 0.211. The molecule has 0 unspecified atom stereocenters. The van der Waals surface area contributed by atoms with E-state index < -0.39 is 7.26 Å². The third-order valence-corrected chi connectivity index (χ3v) is 6.83. The van der Waals surface area contributed by atoms with E-state index in [4.69, 9.17) is 0 Å². The lowest BCUT2D eigenvalue weighted by molar-refractivity contribution is -0.00000213. The van der Waals surface area contributed by atoms with Crippen LogP contribution in [0.3, 0.4) is 0 Å². The van der Waals surface area contributed by atoms with Crippen LogP contribution in [-0.4, -0.2) is 18.5 Å². The van der Waals surface area contributed by atoms with Gasteiger partial charge in [-0.15, -0.1) is 0 Å². The highest BCUT2D eigenvalue weighted by Crippen LogP contribution is 2.58. The maximum atomic E-state index is 3.90. The molecule has 0 aromatic carbocycles. The van der Waals surface area contributed by atoms with Crippen LogP contribution in [0.5, 0.6) is 0 Å². The van der Waals surface area contributed by atoms with Crippen molar-refractivity contribution in [1.82, 2.24) is 0 Å². The summed E-state index contributed by atoms with van der Waals surface area (Å²) in [7, 11) is -0.656. The molecule has 0 radical (unpaired) electrons. The third-order valence-electron chi connectivity index (χ3n) is 2.28. The lowest BCUT2D eigenvalue weighted by Crippen LogP contribution is -3.00. The Morgan fingerprint density at radius 3 is 1.40 bits per heavy atom. The molecule has 2 heteroatoms. The number of rotatable bonds is 4. The summed E-state index contributed by atoms with van der Waals surface area (Å²) in [6, 6.07) is 0. The highest BCUT2D eigenvalue weighted by atomic mass is 79.9. The Labute approximate surface area is 76.2 Å². The zero-order valence-corrected chi connectivity index (χ0v) is 9.71. The molecule has 0 aliphatic heterocycles. The minimum Gasteiger partial charge on any atom is -1.00 e. The average Bonchev–Trinajstić information content (AvgIpc) is 1.95. The van der Waals surface area contributed by atoms with E-state index in [1.165, 1.54) is 18.5 Å². The topological polar surface area (TPSA) is 0 Å². The Hall–Kier alpha value is 0.650. The fourth-order valence-corrected chi connectivity index (χ4v) is 3.17. The number of hydrogen-bond donors (Lipinski definition) is 0. The molecule has 0 nitrogen and oxygen atoms in total. The van der Waals surface area contributed by atoms with Crippen molar-refractivity contribution >= 4 is 7.26 Å². The van der Waals surface area contributed by atoms with Gasteiger partial charge in [0.2, 0.25) is 0 Å². The highest BCUT2D eigenvalue weighted by molar-refractivity contribution is 7.78. The van der Waals surface area contributed by atoms with Crippen molar-refractivity contribution in [2.75, 3.05) is 18.5 Å². The molecule has 0 saturated heterocycles. The zero-order valence-electron chi connectivity index (χ0n) is 7.23. The minimum atomic E-state index is -0.656. The molecular formula is C8H18BrP. The van der Waals surface area contributed by atoms with E-state index in [1.807, 2.05) is 0 Å². The van der Waals surface area contributed by atoms with Crippen LogP contribution in [0.25, 0.3) is 0 Å². The Morgan fingerprint density at radius 2 is 1.40 bits per heavy atom. The Bertz CT molecular complexity index is 79.0. The molecule has 0 aromatic heterocycles. The van der Waals surface area contributed by atoms with Crippen LogP contribution in [0.2, 0.25) is 0 Å². The summed E-state index contributed by atoms with van der Waals surface area (Å²) >= 11 is 0. The standard InChI is InChI=1S/C8H18P.BrH/c1-5-9(6-2,7-3)8-4;/h5H,1,6-8H2,2-4H3;1H/q+1;/p-1. The van der Waals surface area contributed by atoms with Crippen LogP contribution < -0.4 is 17.0 Å². The van der Waals surface area contributed by atoms with Gasteiger partial charge < -0.3 is 17.0 Å². The minimum absolute atomic E-state index is 0. The highest BCUT2D eigenvalue weighted by Gasteiger charge is 2.26. The van der Waals surface area contributed by atoms with Gasteiger partial charge in [-0.05, 0) is 20.8 Å². The van der Waals surface area contributed by atoms with Crippen LogP contribution in [-0.2, 0) is 0 Å². The lowest BCUT2D eigenvalue weighted by atomic mass is 10.9. The monoisotopic (exact) mass is 224 g/mol. The molecule has 0 saturated carbocycles. The molecule has 0 rings (SSSR count). The van der Waals surface area contributed by atoms with Crippen molar-refractivity contribution in [3.8, 4) is 0 Å². The number of halogens is 1. The molecule has 0 aromatic rings. The Balaban J connectivity index is 0. The summed E-state index contributed by atoms with van der Waals surface area (Å²) in [5, 5.41) is 0. The molecule has 62 valence electrons. The summed E-state index contributed by atoms with van der Waals surface area (Å²) in [5.74, 6) is 2.22. The van der Waals surface area contributed by atoms with Crippen molar-refractivity contribution in [3.05, 3.63) is 12.4 Å².